The Morgan fingerprint density at radius 2 is 2.14 bits per heavy atom. The number of rotatable bonds is 6. The van der Waals surface area contributed by atoms with Crippen molar-refractivity contribution in [1.29, 1.82) is 0 Å². The van der Waals surface area contributed by atoms with Crippen LogP contribution < -0.4 is 5.32 Å². The predicted molar refractivity (Wildman–Crippen MR) is 118 cm³/mol. The number of aromatic nitrogens is 1. The second kappa shape index (κ2) is 10.1. The molecule has 1 fully saturated rings. The van der Waals surface area contributed by atoms with Crippen molar-refractivity contribution in [3.63, 3.8) is 0 Å². The lowest BCUT2D eigenvalue weighted by Crippen LogP contribution is -2.39. The normalized spacial score (nSPS) is 20.2. The Balaban J connectivity index is 1.71. The van der Waals surface area contributed by atoms with Gasteiger partial charge in [0.15, 0.2) is 5.96 Å². The van der Waals surface area contributed by atoms with Crippen LogP contribution in [0.4, 0.5) is 0 Å². The fourth-order valence-corrected chi connectivity index (χ4v) is 4.33. The molecule has 2 aromatic rings. The third-order valence-electron chi connectivity index (χ3n) is 5.22. The monoisotopic (exact) mass is 446 g/mol. The standard InChI is InChI=1S/C22H31BrN4O/c1-4-24-22(27(3)16-20-13-19(23)15-26(20)2)25-14-18-11-8-12-28-21(18)17-9-6-5-7-10-17/h5-7,9-10,13,15,18,21H,4,8,11-12,14,16H2,1-3H3,(H,24,25). The van der Waals surface area contributed by atoms with E-state index >= 15 is 0 Å². The molecule has 0 bridgehead atoms. The smallest absolute Gasteiger partial charge is 0.194 e. The van der Waals surface area contributed by atoms with Crippen molar-refractivity contribution in [3.05, 3.63) is 58.3 Å². The highest BCUT2D eigenvalue weighted by molar-refractivity contribution is 9.10. The van der Waals surface area contributed by atoms with Crippen LogP contribution in [0.2, 0.25) is 0 Å². The van der Waals surface area contributed by atoms with Crippen molar-refractivity contribution in [3.8, 4) is 0 Å². The Labute approximate surface area is 176 Å². The van der Waals surface area contributed by atoms with E-state index < -0.39 is 0 Å². The lowest BCUT2D eigenvalue weighted by atomic mass is 9.89. The first-order chi connectivity index (χ1) is 13.6. The zero-order valence-corrected chi connectivity index (χ0v) is 18.7. The average Bonchev–Trinajstić information content (AvgIpc) is 3.02. The van der Waals surface area contributed by atoms with Gasteiger partial charge in [0, 0.05) is 56.1 Å². The van der Waals surface area contributed by atoms with Crippen LogP contribution in [0, 0.1) is 5.92 Å². The molecule has 1 aliphatic heterocycles. The summed E-state index contributed by atoms with van der Waals surface area (Å²) < 4.78 is 9.38. The maximum Gasteiger partial charge on any atom is 0.194 e. The van der Waals surface area contributed by atoms with Gasteiger partial charge in [-0.2, -0.15) is 0 Å². The van der Waals surface area contributed by atoms with Crippen molar-refractivity contribution in [1.82, 2.24) is 14.8 Å². The van der Waals surface area contributed by atoms with E-state index in [4.69, 9.17) is 9.73 Å². The molecule has 152 valence electrons. The lowest BCUT2D eigenvalue weighted by molar-refractivity contribution is -0.0250. The molecule has 5 nitrogen and oxygen atoms in total. The van der Waals surface area contributed by atoms with E-state index in [0.717, 1.165) is 49.5 Å². The summed E-state index contributed by atoms with van der Waals surface area (Å²) >= 11 is 3.55. The number of aryl methyl sites for hydroxylation is 1. The predicted octanol–water partition coefficient (Wildman–Crippen LogP) is 4.35. The lowest BCUT2D eigenvalue weighted by Gasteiger charge is -2.32. The minimum Gasteiger partial charge on any atom is -0.373 e. The average molecular weight is 447 g/mol. The number of hydrogen-bond acceptors (Lipinski definition) is 2. The van der Waals surface area contributed by atoms with Crippen molar-refractivity contribution >= 4 is 21.9 Å². The van der Waals surface area contributed by atoms with Gasteiger partial charge in [0.25, 0.3) is 0 Å². The summed E-state index contributed by atoms with van der Waals surface area (Å²) in [7, 11) is 4.16. The summed E-state index contributed by atoms with van der Waals surface area (Å²) in [6, 6.07) is 12.7. The summed E-state index contributed by atoms with van der Waals surface area (Å²) in [4.78, 5) is 7.16. The van der Waals surface area contributed by atoms with E-state index in [1.165, 1.54) is 11.3 Å². The quantitative estimate of drug-likeness (QED) is 0.529. The van der Waals surface area contributed by atoms with Crippen molar-refractivity contribution < 1.29 is 4.74 Å². The fraction of sp³-hybridized carbons (Fsp3) is 0.500. The summed E-state index contributed by atoms with van der Waals surface area (Å²) in [6.07, 6.45) is 4.47. The van der Waals surface area contributed by atoms with Crippen molar-refractivity contribution in [2.45, 2.75) is 32.4 Å². The molecule has 1 saturated heterocycles. The van der Waals surface area contributed by atoms with Gasteiger partial charge >= 0.3 is 0 Å². The third kappa shape index (κ3) is 5.39. The number of halogens is 1. The van der Waals surface area contributed by atoms with Crippen molar-refractivity contribution in [2.75, 3.05) is 26.7 Å². The summed E-state index contributed by atoms with van der Waals surface area (Å²) in [5, 5.41) is 3.44. The number of benzene rings is 1. The van der Waals surface area contributed by atoms with Crippen LogP contribution in [0.25, 0.3) is 0 Å². The fourth-order valence-electron chi connectivity index (χ4n) is 3.76. The second-order valence-corrected chi connectivity index (χ2v) is 8.33. The van der Waals surface area contributed by atoms with Gasteiger partial charge in [-0.05, 0) is 47.3 Å². The van der Waals surface area contributed by atoms with Gasteiger partial charge in [0.2, 0.25) is 0 Å². The van der Waals surface area contributed by atoms with Crippen LogP contribution >= 0.6 is 15.9 Å². The van der Waals surface area contributed by atoms with Crippen LogP contribution in [-0.2, 0) is 18.3 Å². The largest absolute Gasteiger partial charge is 0.373 e. The summed E-state index contributed by atoms with van der Waals surface area (Å²) in [5.41, 5.74) is 2.50. The zero-order valence-electron chi connectivity index (χ0n) is 17.1. The maximum absolute atomic E-state index is 6.13. The molecule has 1 aromatic heterocycles. The highest BCUT2D eigenvalue weighted by atomic mass is 79.9. The van der Waals surface area contributed by atoms with Crippen LogP contribution in [0.1, 0.15) is 37.1 Å². The van der Waals surface area contributed by atoms with E-state index in [9.17, 15) is 0 Å². The molecule has 28 heavy (non-hydrogen) atoms. The molecule has 1 N–H and O–H groups in total. The molecule has 2 heterocycles. The Morgan fingerprint density at radius 3 is 2.82 bits per heavy atom. The van der Waals surface area contributed by atoms with Gasteiger partial charge in [-0.15, -0.1) is 0 Å². The molecular weight excluding hydrogens is 416 g/mol. The Hall–Kier alpha value is -1.79. The van der Waals surface area contributed by atoms with Gasteiger partial charge in [-0.25, -0.2) is 0 Å². The summed E-state index contributed by atoms with van der Waals surface area (Å²) in [6.45, 7) is 5.37. The zero-order chi connectivity index (χ0) is 19.9. The van der Waals surface area contributed by atoms with Crippen molar-refractivity contribution in [2.24, 2.45) is 18.0 Å². The Kier molecular flexibility index (Phi) is 7.57. The van der Waals surface area contributed by atoms with E-state index in [1.54, 1.807) is 0 Å². The van der Waals surface area contributed by atoms with Gasteiger partial charge in [-0.3, -0.25) is 4.99 Å². The molecule has 1 aromatic carbocycles. The minimum atomic E-state index is 0.135. The molecule has 0 spiro atoms. The van der Waals surface area contributed by atoms with E-state index in [2.05, 4.69) is 94.3 Å². The number of nitrogens with one attached hydrogen (secondary N) is 1. The molecule has 0 saturated carbocycles. The topological polar surface area (TPSA) is 41.8 Å². The SMILES string of the molecule is CCNC(=NCC1CCCOC1c1ccccc1)N(C)Cc1cc(Br)cn1C. The maximum atomic E-state index is 6.13. The third-order valence-corrected chi connectivity index (χ3v) is 5.65. The van der Waals surface area contributed by atoms with Gasteiger partial charge in [0.05, 0.1) is 12.6 Å². The van der Waals surface area contributed by atoms with Crippen LogP contribution in [-0.4, -0.2) is 42.2 Å². The molecule has 2 atom stereocenters. The molecule has 1 aliphatic rings. The molecule has 0 aliphatic carbocycles. The molecule has 3 rings (SSSR count). The van der Waals surface area contributed by atoms with Gasteiger partial charge < -0.3 is 19.5 Å². The summed E-state index contributed by atoms with van der Waals surface area (Å²) in [5.74, 6) is 1.35. The first kappa shape index (κ1) is 20.9. The molecule has 0 radical (unpaired) electrons. The van der Waals surface area contributed by atoms with Gasteiger partial charge in [-0.1, -0.05) is 30.3 Å². The first-order valence-electron chi connectivity index (χ1n) is 10.0. The number of ether oxygens (including phenoxy) is 1. The Bertz CT molecular complexity index is 774. The Morgan fingerprint density at radius 1 is 1.36 bits per heavy atom. The number of aliphatic imine (C=N–C) groups is 1. The molecule has 6 heteroatoms. The second-order valence-electron chi connectivity index (χ2n) is 7.42. The van der Waals surface area contributed by atoms with E-state index in [1.807, 2.05) is 0 Å². The van der Waals surface area contributed by atoms with Crippen LogP contribution in [0.15, 0.2) is 52.1 Å². The van der Waals surface area contributed by atoms with E-state index in [-0.39, 0.29) is 6.10 Å². The highest BCUT2D eigenvalue weighted by Gasteiger charge is 2.27. The molecular formula is C22H31BrN4O. The number of guanidine groups is 1. The van der Waals surface area contributed by atoms with Crippen LogP contribution in [0.5, 0.6) is 0 Å². The van der Waals surface area contributed by atoms with Gasteiger partial charge in [0.1, 0.15) is 0 Å². The highest BCUT2D eigenvalue weighted by Crippen LogP contribution is 2.33. The molecule has 0 amide bonds. The van der Waals surface area contributed by atoms with E-state index in [0.29, 0.717) is 5.92 Å². The number of hydrogen-bond donors (Lipinski definition) is 1. The molecule has 2 unspecified atom stereocenters. The number of nitrogens with zero attached hydrogens (tertiary/aromatic N) is 3. The first-order valence-corrected chi connectivity index (χ1v) is 10.8. The minimum absolute atomic E-state index is 0.135. The van der Waals surface area contributed by atoms with Crippen LogP contribution in [0.3, 0.4) is 0 Å².